The largest absolute Gasteiger partial charge is 0.393 e. The van der Waals surface area contributed by atoms with Crippen molar-refractivity contribution in [2.45, 2.75) is 50.3 Å². The van der Waals surface area contributed by atoms with Gasteiger partial charge in [-0.25, -0.2) is 18.7 Å². The number of nitrogens with zero attached hydrogens (tertiary/aromatic N) is 4. The second kappa shape index (κ2) is 8.35. The molecule has 8 nitrogen and oxygen atoms in total. The van der Waals surface area contributed by atoms with Crippen LogP contribution in [0.4, 0.5) is 26.4 Å². The molecule has 1 aromatic carbocycles. The predicted octanol–water partition coefficient (Wildman–Crippen LogP) is 3.52. The minimum Gasteiger partial charge on any atom is -0.393 e. The Morgan fingerprint density at radius 3 is 2.68 bits per heavy atom. The molecule has 0 bridgehead atoms. The van der Waals surface area contributed by atoms with E-state index >= 15 is 0 Å². The maximum absolute atomic E-state index is 14.2. The molecule has 0 amide bonds. The van der Waals surface area contributed by atoms with E-state index in [0.717, 1.165) is 38.2 Å². The van der Waals surface area contributed by atoms with Crippen LogP contribution in [0, 0.1) is 11.6 Å². The maximum Gasteiger partial charge on any atom is 0.224 e. The van der Waals surface area contributed by atoms with E-state index < -0.39 is 11.6 Å². The average Bonchev–Trinajstić information content (AvgIpc) is 3.39. The highest BCUT2D eigenvalue weighted by atomic mass is 19.1. The first-order chi connectivity index (χ1) is 15.1. The number of halogens is 2. The summed E-state index contributed by atoms with van der Waals surface area (Å²) >= 11 is 0. The number of rotatable bonds is 5. The Balaban J connectivity index is 1.49. The minimum atomic E-state index is -0.700. The van der Waals surface area contributed by atoms with Crippen molar-refractivity contribution in [1.29, 1.82) is 0 Å². The van der Waals surface area contributed by atoms with Crippen LogP contribution in [-0.2, 0) is 4.74 Å². The number of anilines is 3. The van der Waals surface area contributed by atoms with Crippen molar-refractivity contribution in [3.63, 3.8) is 0 Å². The molecule has 164 valence electrons. The van der Waals surface area contributed by atoms with Gasteiger partial charge >= 0.3 is 0 Å². The fourth-order valence-corrected chi connectivity index (χ4v) is 4.23. The maximum atomic E-state index is 14.2. The Kier molecular flexibility index (Phi) is 5.41. The van der Waals surface area contributed by atoms with Gasteiger partial charge in [-0.15, -0.1) is 0 Å². The molecule has 1 aliphatic carbocycles. The van der Waals surface area contributed by atoms with Gasteiger partial charge in [0.05, 0.1) is 30.6 Å². The van der Waals surface area contributed by atoms with E-state index in [1.54, 1.807) is 6.20 Å². The fourth-order valence-electron chi connectivity index (χ4n) is 4.23. The molecule has 5 rings (SSSR count). The first kappa shape index (κ1) is 20.1. The molecule has 31 heavy (non-hydrogen) atoms. The molecule has 1 saturated heterocycles. The summed E-state index contributed by atoms with van der Waals surface area (Å²) in [7, 11) is 0. The quantitative estimate of drug-likeness (QED) is 0.570. The molecule has 2 fully saturated rings. The molecule has 1 atom stereocenters. The smallest absolute Gasteiger partial charge is 0.224 e. The van der Waals surface area contributed by atoms with Gasteiger partial charge in [-0.3, -0.25) is 4.57 Å². The number of ether oxygens (including phenoxy) is 1. The number of hydrogen-bond donors (Lipinski definition) is 3. The zero-order chi connectivity index (χ0) is 21.4. The third-order valence-electron chi connectivity index (χ3n) is 5.91. The zero-order valence-corrected chi connectivity index (χ0v) is 16.9. The summed E-state index contributed by atoms with van der Waals surface area (Å²) in [4.78, 5) is 13.7. The summed E-state index contributed by atoms with van der Waals surface area (Å²) in [5.74, 6) is -0.441. The molecule has 0 radical (unpaired) electrons. The molecular weight excluding hydrogens is 406 g/mol. The highest BCUT2D eigenvalue weighted by Gasteiger charge is 2.26. The zero-order valence-electron chi connectivity index (χ0n) is 16.9. The summed E-state index contributed by atoms with van der Waals surface area (Å²) in [6.45, 7) is 1.12. The second-order valence-corrected chi connectivity index (χ2v) is 8.12. The first-order valence-electron chi connectivity index (χ1n) is 10.6. The molecule has 2 aromatic heterocycles. The van der Waals surface area contributed by atoms with Crippen molar-refractivity contribution in [2.75, 3.05) is 23.8 Å². The number of aliphatic hydroxyl groups is 1. The monoisotopic (exact) mass is 430 g/mol. The summed E-state index contributed by atoms with van der Waals surface area (Å²) in [5.41, 5.74) is 1.32. The number of aromatic nitrogens is 4. The highest BCUT2D eigenvalue weighted by Crippen LogP contribution is 2.31. The number of aliphatic hydroxyl groups excluding tert-OH is 1. The molecule has 0 spiro atoms. The van der Waals surface area contributed by atoms with Crippen molar-refractivity contribution in [2.24, 2.45) is 0 Å². The third-order valence-corrected chi connectivity index (χ3v) is 5.91. The number of hydrogen-bond acceptors (Lipinski definition) is 7. The molecule has 1 aliphatic heterocycles. The van der Waals surface area contributed by atoms with Crippen LogP contribution in [0.15, 0.2) is 24.4 Å². The molecule has 10 heteroatoms. The van der Waals surface area contributed by atoms with Gasteiger partial charge in [0, 0.05) is 18.7 Å². The topological polar surface area (TPSA) is 97.1 Å². The molecular formula is C21H24F2N6O2. The molecule has 3 N–H and O–H groups in total. The summed E-state index contributed by atoms with van der Waals surface area (Å²) in [6, 6.07) is 3.56. The third kappa shape index (κ3) is 4.17. The fraction of sp³-hybridized carbons (Fsp3) is 0.476. The van der Waals surface area contributed by atoms with Crippen LogP contribution < -0.4 is 10.6 Å². The van der Waals surface area contributed by atoms with Crippen LogP contribution in [0.1, 0.15) is 38.1 Å². The van der Waals surface area contributed by atoms with Gasteiger partial charge < -0.3 is 20.5 Å². The number of benzene rings is 1. The number of nitrogens with one attached hydrogen (secondary N) is 2. The van der Waals surface area contributed by atoms with E-state index in [1.807, 2.05) is 4.57 Å². The SMILES string of the molecule is O[C@H]1CC[C@H](Nc2ncc3nc(Nc4ccc(F)cc4F)n([C@H]4CCOC4)c3n2)CC1. The molecule has 3 heterocycles. The molecule has 3 aromatic rings. The van der Waals surface area contributed by atoms with Gasteiger partial charge in [0.2, 0.25) is 11.9 Å². The Bertz CT molecular complexity index is 1080. The molecule has 0 unspecified atom stereocenters. The predicted molar refractivity (Wildman–Crippen MR) is 111 cm³/mol. The number of fused-ring (bicyclic) bond motifs is 1. The Hall–Kier alpha value is -2.85. The number of imidazole rings is 1. The van der Waals surface area contributed by atoms with Crippen LogP contribution in [-0.4, -0.2) is 50.0 Å². The van der Waals surface area contributed by atoms with Gasteiger partial charge in [0.25, 0.3) is 0 Å². The van der Waals surface area contributed by atoms with Crippen LogP contribution in [0.5, 0.6) is 0 Å². The van der Waals surface area contributed by atoms with Gasteiger partial charge in [0.15, 0.2) is 5.65 Å². The van der Waals surface area contributed by atoms with Crippen molar-refractivity contribution in [3.8, 4) is 0 Å². The van der Waals surface area contributed by atoms with Crippen molar-refractivity contribution in [1.82, 2.24) is 19.5 Å². The lowest BCUT2D eigenvalue weighted by Gasteiger charge is -2.26. The van der Waals surface area contributed by atoms with Crippen LogP contribution in [0.3, 0.4) is 0 Å². The lowest BCUT2D eigenvalue weighted by molar-refractivity contribution is 0.126. The van der Waals surface area contributed by atoms with Crippen molar-refractivity contribution in [3.05, 3.63) is 36.0 Å². The van der Waals surface area contributed by atoms with Gasteiger partial charge in [-0.05, 0) is 44.2 Å². The van der Waals surface area contributed by atoms with Crippen LogP contribution >= 0.6 is 0 Å². The lowest BCUT2D eigenvalue weighted by Crippen LogP contribution is -2.29. The normalized spacial score (nSPS) is 23.9. The molecule has 1 saturated carbocycles. The molecule has 2 aliphatic rings. The standard InChI is InChI=1S/C21H24F2N6O2/c22-12-1-6-17(16(23)9-12)26-21-27-18-10-24-20(25-13-2-4-15(30)5-3-13)28-19(18)29(21)14-7-8-31-11-14/h1,6,9-10,13-15,30H,2-5,7-8,11H2,(H,26,27)(H,24,25,28)/t13-,14-,15-/m0/s1. The van der Waals surface area contributed by atoms with Crippen molar-refractivity contribution < 1.29 is 18.6 Å². The summed E-state index contributed by atoms with van der Waals surface area (Å²) in [6.07, 6.45) is 5.42. The summed E-state index contributed by atoms with van der Waals surface area (Å²) < 4.78 is 35.0. The van der Waals surface area contributed by atoms with E-state index in [9.17, 15) is 13.9 Å². The summed E-state index contributed by atoms with van der Waals surface area (Å²) in [5, 5.41) is 16.1. The van der Waals surface area contributed by atoms with Gasteiger partial charge in [-0.1, -0.05) is 0 Å². The Labute approximate surface area is 177 Å². The van der Waals surface area contributed by atoms with Crippen LogP contribution in [0.2, 0.25) is 0 Å². The van der Waals surface area contributed by atoms with E-state index in [1.165, 1.54) is 12.1 Å². The van der Waals surface area contributed by atoms with E-state index in [4.69, 9.17) is 9.72 Å². The highest BCUT2D eigenvalue weighted by molar-refractivity contribution is 5.76. The van der Waals surface area contributed by atoms with Gasteiger partial charge in [0.1, 0.15) is 17.2 Å². The minimum absolute atomic E-state index is 0.0106. The van der Waals surface area contributed by atoms with E-state index in [0.29, 0.717) is 36.3 Å². The first-order valence-corrected chi connectivity index (χ1v) is 10.6. The van der Waals surface area contributed by atoms with Crippen molar-refractivity contribution >= 4 is 28.7 Å². The van der Waals surface area contributed by atoms with Crippen LogP contribution in [0.25, 0.3) is 11.2 Å². The lowest BCUT2D eigenvalue weighted by atomic mass is 9.93. The Morgan fingerprint density at radius 2 is 1.94 bits per heavy atom. The van der Waals surface area contributed by atoms with Gasteiger partial charge in [-0.2, -0.15) is 4.98 Å². The van der Waals surface area contributed by atoms with E-state index in [2.05, 4.69) is 20.6 Å². The Morgan fingerprint density at radius 1 is 1.10 bits per heavy atom. The average molecular weight is 430 g/mol. The van der Waals surface area contributed by atoms with E-state index in [-0.39, 0.29) is 23.9 Å². The second-order valence-electron chi connectivity index (χ2n) is 8.12.